The highest BCUT2D eigenvalue weighted by molar-refractivity contribution is 7.87. The van der Waals surface area contributed by atoms with Gasteiger partial charge in [0.1, 0.15) is 0 Å². The van der Waals surface area contributed by atoms with E-state index >= 15 is 0 Å². The van der Waals surface area contributed by atoms with Crippen LogP contribution in [0, 0.1) is 17.6 Å². The van der Waals surface area contributed by atoms with Crippen molar-refractivity contribution in [1.29, 1.82) is 0 Å². The molecule has 21 heavy (non-hydrogen) atoms. The lowest BCUT2D eigenvalue weighted by molar-refractivity contribution is 0.164. The molecule has 1 heterocycles. The number of aliphatic hydroxyl groups is 1. The van der Waals surface area contributed by atoms with E-state index in [4.69, 9.17) is 5.11 Å². The average Bonchev–Trinajstić information content (AvgIpc) is 2.48. The molecule has 118 valence electrons. The minimum Gasteiger partial charge on any atom is -0.396 e. The lowest BCUT2D eigenvalue weighted by Gasteiger charge is -2.30. The van der Waals surface area contributed by atoms with Crippen LogP contribution in [-0.2, 0) is 16.8 Å². The van der Waals surface area contributed by atoms with Crippen LogP contribution in [0.3, 0.4) is 0 Å². The maximum Gasteiger partial charge on any atom is 0.279 e. The van der Waals surface area contributed by atoms with Crippen molar-refractivity contribution >= 4 is 10.2 Å². The number of nitrogens with zero attached hydrogens (tertiary/aromatic N) is 1. The van der Waals surface area contributed by atoms with Crippen LogP contribution in [0.5, 0.6) is 0 Å². The topological polar surface area (TPSA) is 69.6 Å². The lowest BCUT2D eigenvalue weighted by Crippen LogP contribution is -2.46. The van der Waals surface area contributed by atoms with E-state index in [9.17, 15) is 17.2 Å². The van der Waals surface area contributed by atoms with Crippen LogP contribution in [0.4, 0.5) is 8.78 Å². The van der Waals surface area contributed by atoms with Gasteiger partial charge in [-0.05, 0) is 36.5 Å². The van der Waals surface area contributed by atoms with Gasteiger partial charge in [-0.2, -0.15) is 17.4 Å². The van der Waals surface area contributed by atoms with Crippen molar-refractivity contribution < 1.29 is 22.3 Å². The number of nitrogens with one attached hydrogen (secondary N) is 1. The number of aliphatic hydroxyl groups excluding tert-OH is 1. The number of hydrogen-bond donors (Lipinski definition) is 2. The molecule has 1 saturated heterocycles. The smallest absolute Gasteiger partial charge is 0.279 e. The Morgan fingerprint density at radius 1 is 1.33 bits per heavy atom. The second-order valence-corrected chi connectivity index (χ2v) is 6.88. The predicted octanol–water partition coefficient (Wildman–Crippen LogP) is 1.00. The van der Waals surface area contributed by atoms with Gasteiger partial charge in [-0.15, -0.1) is 0 Å². The first-order valence-electron chi connectivity index (χ1n) is 6.72. The maximum absolute atomic E-state index is 13.1. The van der Waals surface area contributed by atoms with Crippen molar-refractivity contribution in [3.05, 3.63) is 35.4 Å². The summed E-state index contributed by atoms with van der Waals surface area (Å²) in [4.78, 5) is 0. The molecule has 1 fully saturated rings. The van der Waals surface area contributed by atoms with Crippen molar-refractivity contribution in [2.45, 2.75) is 19.4 Å². The molecule has 1 aliphatic rings. The van der Waals surface area contributed by atoms with E-state index in [-0.39, 0.29) is 25.6 Å². The Bertz CT molecular complexity index is 595. The fourth-order valence-electron chi connectivity index (χ4n) is 2.31. The van der Waals surface area contributed by atoms with Crippen molar-refractivity contribution in [1.82, 2.24) is 9.03 Å². The molecule has 0 amide bonds. The van der Waals surface area contributed by atoms with Crippen LogP contribution >= 0.6 is 0 Å². The van der Waals surface area contributed by atoms with Crippen LogP contribution in [-0.4, -0.2) is 37.5 Å². The highest BCUT2D eigenvalue weighted by atomic mass is 32.2. The molecule has 1 atom stereocenters. The Labute approximate surface area is 122 Å². The molecule has 0 radical (unpaired) electrons. The van der Waals surface area contributed by atoms with Gasteiger partial charge in [0.15, 0.2) is 11.6 Å². The second-order valence-electron chi connectivity index (χ2n) is 5.12. The van der Waals surface area contributed by atoms with Gasteiger partial charge in [-0.3, -0.25) is 0 Å². The molecule has 5 nitrogen and oxygen atoms in total. The van der Waals surface area contributed by atoms with Gasteiger partial charge < -0.3 is 5.11 Å². The van der Waals surface area contributed by atoms with Crippen LogP contribution in [0.15, 0.2) is 18.2 Å². The molecule has 0 aromatic heterocycles. The van der Waals surface area contributed by atoms with Crippen LogP contribution < -0.4 is 4.72 Å². The molecule has 0 aliphatic carbocycles. The summed E-state index contributed by atoms with van der Waals surface area (Å²) in [6, 6.07) is 3.25. The van der Waals surface area contributed by atoms with Gasteiger partial charge in [-0.25, -0.2) is 8.78 Å². The molecule has 0 bridgehead atoms. The summed E-state index contributed by atoms with van der Waals surface area (Å²) in [7, 11) is -3.69. The van der Waals surface area contributed by atoms with E-state index in [2.05, 4.69) is 4.72 Å². The molecule has 0 saturated carbocycles. The Morgan fingerprint density at radius 2 is 2.10 bits per heavy atom. The molecular formula is C13H18F2N2O3S. The summed E-state index contributed by atoms with van der Waals surface area (Å²) in [6.07, 6.45) is 1.49. The highest BCUT2D eigenvalue weighted by Crippen LogP contribution is 2.18. The molecular weight excluding hydrogens is 302 g/mol. The monoisotopic (exact) mass is 320 g/mol. The largest absolute Gasteiger partial charge is 0.396 e. The van der Waals surface area contributed by atoms with Crippen molar-refractivity contribution in [2.75, 3.05) is 19.7 Å². The fourth-order valence-corrected chi connectivity index (χ4v) is 3.62. The summed E-state index contributed by atoms with van der Waals surface area (Å²) in [6.45, 7) is 0.502. The van der Waals surface area contributed by atoms with E-state index in [0.717, 1.165) is 18.6 Å². The molecule has 1 unspecified atom stereocenters. The summed E-state index contributed by atoms with van der Waals surface area (Å²) >= 11 is 0. The van der Waals surface area contributed by atoms with Crippen molar-refractivity contribution in [2.24, 2.45) is 5.92 Å². The van der Waals surface area contributed by atoms with Gasteiger partial charge in [0, 0.05) is 26.2 Å². The van der Waals surface area contributed by atoms with Crippen molar-refractivity contribution in [3.8, 4) is 0 Å². The van der Waals surface area contributed by atoms with Gasteiger partial charge in [0.2, 0.25) is 0 Å². The normalized spacial score (nSPS) is 20.6. The predicted molar refractivity (Wildman–Crippen MR) is 73.5 cm³/mol. The van der Waals surface area contributed by atoms with Crippen LogP contribution in [0.1, 0.15) is 18.4 Å². The molecule has 2 rings (SSSR count). The summed E-state index contributed by atoms with van der Waals surface area (Å²) in [5, 5.41) is 9.12. The van der Waals surface area contributed by atoms with Crippen molar-refractivity contribution in [3.63, 3.8) is 0 Å². The number of piperidine rings is 1. The second kappa shape index (κ2) is 6.78. The molecule has 1 aromatic carbocycles. The Hall–Kier alpha value is -1.09. The number of rotatable bonds is 5. The van der Waals surface area contributed by atoms with E-state index in [0.29, 0.717) is 18.5 Å². The zero-order valence-corrected chi connectivity index (χ0v) is 12.2. The van der Waals surface area contributed by atoms with Gasteiger partial charge >= 0.3 is 0 Å². The van der Waals surface area contributed by atoms with E-state index in [1.807, 2.05) is 0 Å². The summed E-state index contributed by atoms with van der Waals surface area (Å²) in [5.41, 5.74) is 0.341. The van der Waals surface area contributed by atoms with Crippen LogP contribution in [0.2, 0.25) is 0 Å². The van der Waals surface area contributed by atoms with E-state index in [1.165, 1.54) is 10.4 Å². The molecule has 2 N–H and O–H groups in total. The molecule has 1 aromatic rings. The third kappa shape index (κ3) is 4.19. The zero-order chi connectivity index (χ0) is 15.5. The molecule has 8 heteroatoms. The number of hydrogen-bond acceptors (Lipinski definition) is 3. The highest BCUT2D eigenvalue weighted by Gasteiger charge is 2.28. The minimum absolute atomic E-state index is 0.0464. The fraction of sp³-hybridized carbons (Fsp3) is 0.538. The Kier molecular flexibility index (Phi) is 5.26. The standard InChI is InChI=1S/C13H18F2N2O3S/c14-12-4-3-10(6-13(12)15)7-16-21(19,20)17-5-1-2-11(8-17)9-18/h3-4,6,11,16,18H,1-2,5,7-9H2. The molecule has 1 aliphatic heterocycles. The summed E-state index contributed by atoms with van der Waals surface area (Å²) in [5.74, 6) is -2.04. The molecule has 0 spiro atoms. The first-order chi connectivity index (χ1) is 9.92. The average molecular weight is 320 g/mol. The number of benzene rings is 1. The SMILES string of the molecule is O=S(=O)(NCc1ccc(F)c(F)c1)N1CCCC(CO)C1. The minimum atomic E-state index is -3.69. The Balaban J connectivity index is 1.98. The first kappa shape index (κ1) is 16.3. The summed E-state index contributed by atoms with van der Waals surface area (Å²) < 4.78 is 53.8. The number of halogens is 2. The first-order valence-corrected chi connectivity index (χ1v) is 8.16. The van der Waals surface area contributed by atoms with Gasteiger partial charge in [0.05, 0.1) is 0 Å². The van der Waals surface area contributed by atoms with Gasteiger partial charge in [0.25, 0.3) is 10.2 Å². The zero-order valence-electron chi connectivity index (χ0n) is 11.4. The third-order valence-electron chi connectivity index (χ3n) is 3.52. The Morgan fingerprint density at radius 3 is 2.76 bits per heavy atom. The maximum atomic E-state index is 13.1. The van der Waals surface area contributed by atoms with E-state index in [1.54, 1.807) is 0 Å². The van der Waals surface area contributed by atoms with Gasteiger partial charge in [-0.1, -0.05) is 6.07 Å². The third-order valence-corrected chi connectivity index (χ3v) is 5.04. The van der Waals surface area contributed by atoms with Crippen LogP contribution in [0.25, 0.3) is 0 Å². The lowest BCUT2D eigenvalue weighted by atomic mass is 10.0. The quantitative estimate of drug-likeness (QED) is 0.850. The van der Waals surface area contributed by atoms with E-state index < -0.39 is 21.8 Å².